The SMILES string of the molecule is C/C(=N/NC(=O)CN(c1ccccc1Cl)S(C)(=O)=O)C(C)(C)C. The Morgan fingerprint density at radius 1 is 1.30 bits per heavy atom. The highest BCUT2D eigenvalue weighted by Gasteiger charge is 2.23. The van der Waals surface area contributed by atoms with Crippen molar-refractivity contribution in [2.75, 3.05) is 17.1 Å². The first kappa shape index (κ1) is 19.4. The zero-order valence-corrected chi connectivity index (χ0v) is 15.5. The lowest BCUT2D eigenvalue weighted by atomic mass is 9.91. The van der Waals surface area contributed by atoms with Crippen LogP contribution in [-0.4, -0.2) is 32.8 Å². The van der Waals surface area contributed by atoms with Crippen molar-refractivity contribution >= 4 is 38.9 Å². The summed E-state index contributed by atoms with van der Waals surface area (Å²) in [6.07, 6.45) is 1.02. The number of hydrogen-bond donors (Lipinski definition) is 1. The second-order valence-corrected chi connectivity index (χ2v) is 8.52. The summed E-state index contributed by atoms with van der Waals surface area (Å²) in [5, 5.41) is 4.26. The van der Waals surface area contributed by atoms with Crippen LogP contribution in [0, 0.1) is 5.41 Å². The fourth-order valence-electron chi connectivity index (χ4n) is 1.51. The topological polar surface area (TPSA) is 78.8 Å². The van der Waals surface area contributed by atoms with E-state index in [0.717, 1.165) is 16.3 Å². The number of hydrogen-bond acceptors (Lipinski definition) is 4. The molecule has 128 valence electrons. The van der Waals surface area contributed by atoms with E-state index in [-0.39, 0.29) is 16.1 Å². The van der Waals surface area contributed by atoms with Crippen molar-refractivity contribution in [1.82, 2.24) is 5.43 Å². The highest BCUT2D eigenvalue weighted by molar-refractivity contribution is 7.92. The molecule has 1 aromatic carbocycles. The van der Waals surface area contributed by atoms with Gasteiger partial charge in [-0.05, 0) is 19.1 Å². The molecule has 1 amide bonds. The molecule has 0 unspecified atom stereocenters. The minimum atomic E-state index is -3.66. The summed E-state index contributed by atoms with van der Waals surface area (Å²) >= 11 is 6.03. The molecule has 8 heteroatoms. The van der Waals surface area contributed by atoms with Crippen molar-refractivity contribution in [1.29, 1.82) is 0 Å². The Kier molecular flexibility index (Phi) is 6.18. The lowest BCUT2D eigenvalue weighted by Gasteiger charge is -2.22. The number of nitrogens with zero attached hydrogens (tertiary/aromatic N) is 2. The van der Waals surface area contributed by atoms with Gasteiger partial charge in [0.15, 0.2) is 0 Å². The Bertz CT molecular complexity index is 709. The average molecular weight is 360 g/mol. The summed E-state index contributed by atoms with van der Waals surface area (Å²) < 4.78 is 24.9. The quantitative estimate of drug-likeness (QED) is 0.648. The van der Waals surface area contributed by atoms with Crippen LogP contribution in [0.5, 0.6) is 0 Å². The number of para-hydroxylation sites is 1. The summed E-state index contributed by atoms with van der Waals surface area (Å²) in [5.74, 6) is -0.543. The van der Waals surface area contributed by atoms with E-state index >= 15 is 0 Å². The van der Waals surface area contributed by atoms with Crippen LogP contribution < -0.4 is 9.73 Å². The largest absolute Gasteiger partial charge is 0.271 e. The van der Waals surface area contributed by atoms with Crippen LogP contribution in [0.15, 0.2) is 29.4 Å². The fraction of sp³-hybridized carbons (Fsp3) is 0.467. The number of rotatable bonds is 5. The van der Waals surface area contributed by atoms with Crippen LogP contribution >= 0.6 is 11.6 Å². The van der Waals surface area contributed by atoms with Gasteiger partial charge < -0.3 is 0 Å². The van der Waals surface area contributed by atoms with Gasteiger partial charge in [0.2, 0.25) is 10.0 Å². The summed E-state index contributed by atoms with van der Waals surface area (Å²) in [4.78, 5) is 12.0. The Balaban J connectivity index is 2.97. The Morgan fingerprint density at radius 2 is 1.87 bits per heavy atom. The predicted molar refractivity (Wildman–Crippen MR) is 94.3 cm³/mol. The number of halogens is 1. The number of hydrazone groups is 1. The van der Waals surface area contributed by atoms with Crippen LogP contribution in [0.4, 0.5) is 5.69 Å². The van der Waals surface area contributed by atoms with Gasteiger partial charge in [0.05, 0.1) is 17.0 Å². The first-order chi connectivity index (χ1) is 10.4. The number of carbonyl (C=O) groups is 1. The van der Waals surface area contributed by atoms with E-state index in [9.17, 15) is 13.2 Å². The first-order valence-corrected chi connectivity index (χ1v) is 9.21. The number of benzene rings is 1. The molecule has 0 aliphatic rings. The molecule has 1 aromatic rings. The number of anilines is 1. The van der Waals surface area contributed by atoms with Gasteiger partial charge >= 0.3 is 0 Å². The summed E-state index contributed by atoms with van der Waals surface area (Å²) in [6, 6.07) is 6.44. The van der Waals surface area contributed by atoms with Crippen molar-refractivity contribution < 1.29 is 13.2 Å². The van der Waals surface area contributed by atoms with Crippen molar-refractivity contribution in [2.45, 2.75) is 27.7 Å². The van der Waals surface area contributed by atoms with Gasteiger partial charge in [-0.15, -0.1) is 0 Å². The van der Waals surface area contributed by atoms with E-state index in [1.165, 1.54) is 0 Å². The molecule has 0 radical (unpaired) electrons. The van der Waals surface area contributed by atoms with E-state index in [2.05, 4.69) is 10.5 Å². The van der Waals surface area contributed by atoms with Gasteiger partial charge in [-0.3, -0.25) is 9.10 Å². The molecule has 0 aromatic heterocycles. The third-order valence-corrected chi connectivity index (χ3v) is 4.69. The fourth-order valence-corrected chi connectivity index (χ4v) is 2.67. The minimum absolute atomic E-state index is 0.188. The van der Waals surface area contributed by atoms with Crippen LogP contribution in [0.3, 0.4) is 0 Å². The van der Waals surface area contributed by atoms with Crippen LogP contribution in [0.25, 0.3) is 0 Å². The Labute approximate surface area is 142 Å². The molecule has 0 fully saturated rings. The normalized spacial score (nSPS) is 12.9. The maximum atomic E-state index is 12.0. The molecule has 0 saturated carbocycles. The van der Waals surface area contributed by atoms with Crippen molar-refractivity contribution in [3.8, 4) is 0 Å². The van der Waals surface area contributed by atoms with E-state index in [4.69, 9.17) is 11.6 Å². The van der Waals surface area contributed by atoms with Crippen molar-refractivity contribution in [3.63, 3.8) is 0 Å². The summed E-state index contributed by atoms with van der Waals surface area (Å²) in [7, 11) is -3.66. The Morgan fingerprint density at radius 3 is 2.35 bits per heavy atom. The molecule has 0 saturated heterocycles. The molecule has 6 nitrogen and oxygen atoms in total. The van der Waals surface area contributed by atoms with Gasteiger partial charge in [0.1, 0.15) is 6.54 Å². The molecular formula is C15H22ClN3O3S. The molecule has 0 bridgehead atoms. The predicted octanol–water partition coefficient (Wildman–Crippen LogP) is 2.64. The molecule has 0 heterocycles. The smallest absolute Gasteiger partial charge is 0.260 e. The number of nitrogens with one attached hydrogen (secondary N) is 1. The molecule has 1 N–H and O–H groups in total. The third-order valence-electron chi connectivity index (χ3n) is 3.24. The average Bonchev–Trinajstić information content (AvgIpc) is 2.41. The van der Waals surface area contributed by atoms with Crippen molar-refractivity contribution in [2.24, 2.45) is 10.5 Å². The van der Waals surface area contributed by atoms with Crippen LogP contribution in [-0.2, 0) is 14.8 Å². The first-order valence-electron chi connectivity index (χ1n) is 6.99. The standard InChI is InChI=1S/C15H22ClN3O3S/c1-11(15(2,3)4)17-18-14(20)10-19(23(5,21)22)13-9-7-6-8-12(13)16/h6-9H,10H2,1-5H3,(H,18,20)/b17-11-. The van der Waals surface area contributed by atoms with Gasteiger partial charge in [-0.1, -0.05) is 44.5 Å². The maximum Gasteiger partial charge on any atom is 0.260 e. The van der Waals surface area contributed by atoms with E-state index in [0.29, 0.717) is 0 Å². The van der Waals surface area contributed by atoms with E-state index < -0.39 is 22.5 Å². The van der Waals surface area contributed by atoms with Gasteiger partial charge in [0.25, 0.3) is 5.91 Å². The third kappa shape index (κ3) is 5.84. The number of carbonyl (C=O) groups excluding carboxylic acids is 1. The second-order valence-electron chi connectivity index (χ2n) is 6.20. The molecule has 0 atom stereocenters. The van der Waals surface area contributed by atoms with Gasteiger partial charge in [0, 0.05) is 11.1 Å². The Hall–Kier alpha value is -1.60. The number of amides is 1. The van der Waals surface area contributed by atoms with E-state index in [1.807, 2.05) is 20.8 Å². The lowest BCUT2D eigenvalue weighted by molar-refractivity contribution is -0.119. The molecule has 1 rings (SSSR count). The molecule has 0 spiro atoms. The molecule has 0 aliphatic carbocycles. The second kappa shape index (κ2) is 7.31. The van der Waals surface area contributed by atoms with Crippen LogP contribution in [0.2, 0.25) is 5.02 Å². The van der Waals surface area contributed by atoms with Gasteiger partial charge in [-0.2, -0.15) is 5.10 Å². The molecule has 23 heavy (non-hydrogen) atoms. The van der Waals surface area contributed by atoms with Crippen molar-refractivity contribution in [3.05, 3.63) is 29.3 Å². The molecular weight excluding hydrogens is 338 g/mol. The van der Waals surface area contributed by atoms with Crippen LogP contribution in [0.1, 0.15) is 27.7 Å². The zero-order valence-electron chi connectivity index (χ0n) is 13.9. The number of sulfonamides is 1. The van der Waals surface area contributed by atoms with E-state index in [1.54, 1.807) is 31.2 Å². The zero-order chi connectivity index (χ0) is 17.8. The highest BCUT2D eigenvalue weighted by atomic mass is 35.5. The molecule has 0 aliphatic heterocycles. The lowest BCUT2D eigenvalue weighted by Crippen LogP contribution is -2.39. The highest BCUT2D eigenvalue weighted by Crippen LogP contribution is 2.26. The monoisotopic (exact) mass is 359 g/mol. The summed E-state index contributed by atoms with van der Waals surface area (Å²) in [6.45, 7) is 7.28. The maximum absolute atomic E-state index is 12.0. The summed E-state index contributed by atoms with van der Waals surface area (Å²) in [5.41, 5.74) is 3.18. The minimum Gasteiger partial charge on any atom is -0.271 e. The van der Waals surface area contributed by atoms with Gasteiger partial charge in [-0.25, -0.2) is 13.8 Å².